The molecule has 2 aromatic rings. The smallest absolute Gasteiger partial charge is 0.253 e. The maximum Gasteiger partial charge on any atom is 0.253 e. The molecule has 0 aromatic heterocycles. The molecule has 28 heavy (non-hydrogen) atoms. The summed E-state index contributed by atoms with van der Waals surface area (Å²) in [7, 11) is 1.65. The van der Waals surface area contributed by atoms with E-state index in [4.69, 9.17) is 10.5 Å². The van der Waals surface area contributed by atoms with Crippen LogP contribution in [0.5, 0.6) is 5.75 Å². The highest BCUT2D eigenvalue weighted by Gasteiger charge is 2.34. The van der Waals surface area contributed by atoms with Crippen LogP contribution in [0.3, 0.4) is 0 Å². The van der Waals surface area contributed by atoms with Crippen LogP contribution < -0.4 is 10.5 Å². The molecule has 0 radical (unpaired) electrons. The summed E-state index contributed by atoms with van der Waals surface area (Å²) in [5.41, 5.74) is 8.58. The number of hydrogen-bond donors (Lipinski definition) is 2. The molecule has 1 saturated heterocycles. The third kappa shape index (κ3) is 4.91. The summed E-state index contributed by atoms with van der Waals surface area (Å²) in [4.78, 5) is 14.7. The van der Waals surface area contributed by atoms with Gasteiger partial charge in [0.2, 0.25) is 0 Å². The molecule has 150 valence electrons. The quantitative estimate of drug-likeness (QED) is 0.805. The number of hydrogen-bond acceptors (Lipinski definition) is 4. The summed E-state index contributed by atoms with van der Waals surface area (Å²) in [6.45, 7) is 4.78. The highest BCUT2D eigenvalue weighted by Crippen LogP contribution is 2.29. The fourth-order valence-corrected chi connectivity index (χ4v) is 3.65. The van der Waals surface area contributed by atoms with Crippen molar-refractivity contribution in [3.05, 3.63) is 65.2 Å². The standard InChI is InChI=1S/C23H30N2O3/c1-23(2,27)13-12-16-4-6-18(7-5-16)22(26)25-14-20(21(24)15-25)17-8-10-19(28-3)11-9-17/h4-11,20-21,27H,12-15,24H2,1-3H3. The number of rotatable bonds is 6. The minimum absolute atomic E-state index is 0.0144. The van der Waals surface area contributed by atoms with E-state index in [1.807, 2.05) is 53.4 Å². The SMILES string of the molecule is COc1ccc(C2CN(C(=O)c3ccc(CCC(C)(C)O)cc3)CC2N)cc1. The zero-order valence-corrected chi connectivity index (χ0v) is 16.9. The number of aryl methyl sites for hydroxylation is 1. The molecule has 1 aliphatic heterocycles. The fraction of sp³-hybridized carbons (Fsp3) is 0.435. The highest BCUT2D eigenvalue weighted by atomic mass is 16.5. The lowest BCUT2D eigenvalue weighted by Gasteiger charge is -2.18. The second kappa shape index (κ2) is 8.33. The first kappa shape index (κ1) is 20.4. The Hall–Kier alpha value is -2.37. The summed E-state index contributed by atoms with van der Waals surface area (Å²) in [5.74, 6) is 0.953. The molecule has 2 aromatic carbocycles. The van der Waals surface area contributed by atoms with Gasteiger partial charge in [-0.1, -0.05) is 24.3 Å². The molecule has 2 unspecified atom stereocenters. The van der Waals surface area contributed by atoms with Gasteiger partial charge in [-0.05, 0) is 62.1 Å². The predicted molar refractivity (Wildman–Crippen MR) is 111 cm³/mol. The van der Waals surface area contributed by atoms with E-state index in [1.165, 1.54) is 0 Å². The van der Waals surface area contributed by atoms with Gasteiger partial charge in [-0.3, -0.25) is 4.79 Å². The molecule has 1 fully saturated rings. The van der Waals surface area contributed by atoms with Crippen molar-refractivity contribution in [2.24, 2.45) is 5.73 Å². The van der Waals surface area contributed by atoms with E-state index in [2.05, 4.69) is 0 Å². The number of amides is 1. The van der Waals surface area contributed by atoms with E-state index in [0.29, 0.717) is 25.1 Å². The van der Waals surface area contributed by atoms with Crippen LogP contribution in [0.25, 0.3) is 0 Å². The van der Waals surface area contributed by atoms with Crippen molar-refractivity contribution >= 4 is 5.91 Å². The molecule has 0 spiro atoms. The lowest BCUT2D eigenvalue weighted by Crippen LogP contribution is -2.32. The van der Waals surface area contributed by atoms with E-state index in [0.717, 1.165) is 23.3 Å². The van der Waals surface area contributed by atoms with Crippen molar-refractivity contribution in [1.29, 1.82) is 0 Å². The number of ether oxygens (including phenoxy) is 1. The van der Waals surface area contributed by atoms with Crippen LogP contribution in [0.4, 0.5) is 0 Å². The third-order valence-electron chi connectivity index (χ3n) is 5.42. The van der Waals surface area contributed by atoms with Gasteiger partial charge in [-0.15, -0.1) is 0 Å². The first-order valence-electron chi connectivity index (χ1n) is 9.77. The molecule has 3 N–H and O–H groups in total. The van der Waals surface area contributed by atoms with Gasteiger partial charge in [-0.25, -0.2) is 0 Å². The van der Waals surface area contributed by atoms with Crippen LogP contribution in [0.2, 0.25) is 0 Å². The summed E-state index contributed by atoms with van der Waals surface area (Å²) in [5, 5.41) is 9.86. The van der Waals surface area contributed by atoms with E-state index in [1.54, 1.807) is 21.0 Å². The molecular formula is C23H30N2O3. The van der Waals surface area contributed by atoms with Crippen LogP contribution in [0.1, 0.15) is 47.7 Å². The van der Waals surface area contributed by atoms with Crippen molar-refractivity contribution in [2.45, 2.75) is 44.2 Å². The maximum atomic E-state index is 12.9. The summed E-state index contributed by atoms with van der Waals surface area (Å²) < 4.78 is 5.21. The Labute approximate surface area is 167 Å². The number of carbonyl (C=O) groups is 1. The maximum absolute atomic E-state index is 12.9. The minimum Gasteiger partial charge on any atom is -0.497 e. The fourth-order valence-electron chi connectivity index (χ4n) is 3.65. The topological polar surface area (TPSA) is 75.8 Å². The van der Waals surface area contributed by atoms with E-state index in [-0.39, 0.29) is 17.9 Å². The number of likely N-dealkylation sites (tertiary alicyclic amines) is 1. The van der Waals surface area contributed by atoms with E-state index < -0.39 is 5.60 Å². The number of benzene rings is 2. The molecule has 1 amide bonds. The van der Waals surface area contributed by atoms with Gasteiger partial charge in [0.15, 0.2) is 0 Å². The average Bonchev–Trinajstić information content (AvgIpc) is 3.07. The lowest BCUT2D eigenvalue weighted by atomic mass is 9.95. The predicted octanol–water partition coefficient (Wildman–Crippen LogP) is 2.97. The van der Waals surface area contributed by atoms with Gasteiger partial charge >= 0.3 is 0 Å². The Kier molecular flexibility index (Phi) is 6.06. The van der Waals surface area contributed by atoms with Crippen molar-refractivity contribution < 1.29 is 14.6 Å². The molecule has 5 nitrogen and oxygen atoms in total. The average molecular weight is 383 g/mol. The molecule has 0 aliphatic carbocycles. The van der Waals surface area contributed by atoms with Crippen molar-refractivity contribution in [1.82, 2.24) is 4.90 Å². The monoisotopic (exact) mass is 382 g/mol. The Morgan fingerprint density at radius 1 is 1.14 bits per heavy atom. The lowest BCUT2D eigenvalue weighted by molar-refractivity contribution is 0.0713. The van der Waals surface area contributed by atoms with Gasteiger partial charge < -0.3 is 20.5 Å². The Morgan fingerprint density at radius 3 is 2.36 bits per heavy atom. The molecule has 3 rings (SSSR count). The summed E-state index contributed by atoms with van der Waals surface area (Å²) in [6, 6.07) is 15.5. The number of methoxy groups -OCH3 is 1. The Bertz CT molecular complexity index is 794. The van der Waals surface area contributed by atoms with Gasteiger partial charge in [0, 0.05) is 30.6 Å². The van der Waals surface area contributed by atoms with E-state index in [9.17, 15) is 9.90 Å². The highest BCUT2D eigenvalue weighted by molar-refractivity contribution is 5.94. The Balaban J connectivity index is 1.64. The van der Waals surface area contributed by atoms with Gasteiger partial charge in [0.25, 0.3) is 5.91 Å². The van der Waals surface area contributed by atoms with Crippen molar-refractivity contribution in [3.8, 4) is 5.75 Å². The number of carbonyl (C=O) groups excluding carboxylic acids is 1. The molecule has 1 aliphatic rings. The van der Waals surface area contributed by atoms with Crippen molar-refractivity contribution in [2.75, 3.05) is 20.2 Å². The number of nitrogens with zero attached hydrogens (tertiary/aromatic N) is 1. The minimum atomic E-state index is -0.684. The zero-order chi connectivity index (χ0) is 20.3. The molecule has 2 atom stereocenters. The normalized spacial score (nSPS) is 19.7. The number of nitrogens with two attached hydrogens (primary N) is 1. The summed E-state index contributed by atoms with van der Waals surface area (Å²) in [6.07, 6.45) is 1.47. The van der Waals surface area contributed by atoms with Crippen LogP contribution in [0, 0.1) is 0 Å². The van der Waals surface area contributed by atoms with E-state index >= 15 is 0 Å². The molecule has 5 heteroatoms. The molecule has 1 heterocycles. The van der Waals surface area contributed by atoms with Crippen LogP contribution in [-0.4, -0.2) is 47.8 Å². The largest absolute Gasteiger partial charge is 0.497 e. The first-order valence-corrected chi connectivity index (χ1v) is 9.77. The second-order valence-electron chi connectivity index (χ2n) is 8.26. The van der Waals surface area contributed by atoms with Crippen LogP contribution >= 0.6 is 0 Å². The second-order valence-corrected chi connectivity index (χ2v) is 8.26. The van der Waals surface area contributed by atoms with Gasteiger partial charge in [0.05, 0.1) is 12.7 Å². The first-order chi connectivity index (χ1) is 13.3. The molecule has 0 bridgehead atoms. The summed E-state index contributed by atoms with van der Waals surface area (Å²) >= 11 is 0. The number of aliphatic hydroxyl groups is 1. The Morgan fingerprint density at radius 2 is 1.79 bits per heavy atom. The van der Waals surface area contributed by atoms with Crippen molar-refractivity contribution in [3.63, 3.8) is 0 Å². The van der Waals surface area contributed by atoms with Crippen LogP contribution in [-0.2, 0) is 6.42 Å². The molecular weight excluding hydrogens is 352 g/mol. The third-order valence-corrected chi connectivity index (χ3v) is 5.42. The van der Waals surface area contributed by atoms with Gasteiger partial charge in [-0.2, -0.15) is 0 Å². The zero-order valence-electron chi connectivity index (χ0n) is 16.9. The molecule has 0 saturated carbocycles. The van der Waals surface area contributed by atoms with Crippen LogP contribution in [0.15, 0.2) is 48.5 Å². The van der Waals surface area contributed by atoms with Gasteiger partial charge in [0.1, 0.15) is 5.75 Å².